The number of aromatic nitrogens is 3. The van der Waals surface area contributed by atoms with Crippen LogP contribution in [0.4, 0.5) is 0 Å². The number of rotatable bonds is 3. The van der Waals surface area contributed by atoms with Crippen LogP contribution in [0.15, 0.2) is 42.6 Å². The molecule has 2 aromatic heterocycles. The van der Waals surface area contributed by atoms with E-state index in [1.807, 2.05) is 30.3 Å². The van der Waals surface area contributed by atoms with Crippen molar-refractivity contribution in [3.8, 4) is 11.4 Å². The van der Waals surface area contributed by atoms with E-state index < -0.39 is 0 Å². The first-order chi connectivity index (χ1) is 11.8. The second-order valence-electron chi connectivity index (χ2n) is 6.32. The Morgan fingerprint density at radius 2 is 1.88 bits per heavy atom. The molecule has 0 saturated heterocycles. The normalized spacial score (nSPS) is 15.5. The quantitative estimate of drug-likeness (QED) is 0.773. The SMILES string of the molecule is O=C(NC1CCCCC1)c1ccnc2[nH]c(-c3ccccc3)nc12. The van der Waals surface area contributed by atoms with Gasteiger partial charge in [0, 0.05) is 17.8 Å². The van der Waals surface area contributed by atoms with E-state index in [-0.39, 0.29) is 11.9 Å². The van der Waals surface area contributed by atoms with E-state index >= 15 is 0 Å². The highest BCUT2D eigenvalue weighted by Gasteiger charge is 2.20. The number of nitrogens with one attached hydrogen (secondary N) is 2. The van der Waals surface area contributed by atoms with Crippen LogP contribution in [0.2, 0.25) is 0 Å². The summed E-state index contributed by atoms with van der Waals surface area (Å²) >= 11 is 0. The molecule has 1 aliphatic carbocycles. The molecule has 0 aliphatic heterocycles. The van der Waals surface area contributed by atoms with E-state index in [9.17, 15) is 4.79 Å². The summed E-state index contributed by atoms with van der Waals surface area (Å²) in [4.78, 5) is 24.8. The average Bonchev–Trinajstić information content (AvgIpc) is 3.07. The predicted molar refractivity (Wildman–Crippen MR) is 93.7 cm³/mol. The minimum atomic E-state index is -0.0552. The summed E-state index contributed by atoms with van der Waals surface area (Å²) in [5, 5.41) is 3.16. The Bertz CT molecular complexity index is 850. The van der Waals surface area contributed by atoms with Crippen LogP contribution < -0.4 is 5.32 Å². The molecule has 5 heteroatoms. The van der Waals surface area contributed by atoms with Crippen LogP contribution >= 0.6 is 0 Å². The number of aromatic amines is 1. The number of fused-ring (bicyclic) bond motifs is 1. The summed E-state index contributed by atoms with van der Waals surface area (Å²) in [6, 6.07) is 11.9. The van der Waals surface area contributed by atoms with Gasteiger partial charge in [0.15, 0.2) is 5.65 Å². The van der Waals surface area contributed by atoms with E-state index in [0.717, 1.165) is 24.2 Å². The van der Waals surface area contributed by atoms with Crippen LogP contribution in [0.25, 0.3) is 22.6 Å². The summed E-state index contributed by atoms with van der Waals surface area (Å²) in [5.41, 5.74) is 2.84. The third-order valence-corrected chi connectivity index (χ3v) is 4.62. The third-order valence-electron chi connectivity index (χ3n) is 4.62. The van der Waals surface area contributed by atoms with Gasteiger partial charge in [0.25, 0.3) is 5.91 Å². The van der Waals surface area contributed by atoms with Crippen LogP contribution in [-0.2, 0) is 0 Å². The molecule has 4 rings (SSSR count). The minimum absolute atomic E-state index is 0.0552. The summed E-state index contributed by atoms with van der Waals surface area (Å²) in [7, 11) is 0. The molecule has 0 spiro atoms. The Morgan fingerprint density at radius 3 is 2.67 bits per heavy atom. The maximum atomic E-state index is 12.7. The van der Waals surface area contributed by atoms with Gasteiger partial charge < -0.3 is 10.3 Å². The Kier molecular flexibility index (Phi) is 3.99. The van der Waals surface area contributed by atoms with E-state index in [4.69, 9.17) is 0 Å². The number of nitrogens with zero attached hydrogens (tertiary/aromatic N) is 2. The van der Waals surface area contributed by atoms with E-state index in [2.05, 4.69) is 20.3 Å². The first-order valence-electron chi connectivity index (χ1n) is 8.52. The van der Waals surface area contributed by atoms with Crippen molar-refractivity contribution in [3.63, 3.8) is 0 Å². The number of pyridine rings is 1. The molecule has 5 nitrogen and oxygen atoms in total. The van der Waals surface area contributed by atoms with Crippen molar-refractivity contribution in [2.45, 2.75) is 38.1 Å². The van der Waals surface area contributed by atoms with Gasteiger partial charge in [-0.3, -0.25) is 4.79 Å². The molecule has 0 radical (unpaired) electrons. The molecule has 2 N–H and O–H groups in total. The second-order valence-corrected chi connectivity index (χ2v) is 6.32. The summed E-state index contributed by atoms with van der Waals surface area (Å²) in [6.07, 6.45) is 7.44. The highest BCUT2D eigenvalue weighted by Crippen LogP contribution is 2.22. The van der Waals surface area contributed by atoms with Crippen LogP contribution in [-0.4, -0.2) is 26.9 Å². The molecule has 0 atom stereocenters. The lowest BCUT2D eigenvalue weighted by molar-refractivity contribution is 0.0929. The fraction of sp³-hybridized carbons (Fsp3) is 0.316. The van der Waals surface area contributed by atoms with Crippen LogP contribution in [0.1, 0.15) is 42.5 Å². The maximum absolute atomic E-state index is 12.7. The Hall–Kier alpha value is -2.69. The lowest BCUT2D eigenvalue weighted by Gasteiger charge is -2.22. The molecular weight excluding hydrogens is 300 g/mol. The van der Waals surface area contributed by atoms with Crippen molar-refractivity contribution in [2.24, 2.45) is 0 Å². The molecule has 1 aromatic carbocycles. The number of benzene rings is 1. The van der Waals surface area contributed by atoms with E-state index in [1.54, 1.807) is 12.3 Å². The highest BCUT2D eigenvalue weighted by molar-refractivity contribution is 6.04. The number of H-pyrrole nitrogens is 1. The van der Waals surface area contributed by atoms with Crippen molar-refractivity contribution in [2.75, 3.05) is 0 Å². The van der Waals surface area contributed by atoms with Gasteiger partial charge in [0.1, 0.15) is 11.3 Å². The number of hydrogen-bond donors (Lipinski definition) is 2. The molecule has 0 unspecified atom stereocenters. The number of carbonyl (C=O) groups is 1. The lowest BCUT2D eigenvalue weighted by Crippen LogP contribution is -2.36. The number of carbonyl (C=O) groups excluding carboxylic acids is 1. The molecule has 1 amide bonds. The smallest absolute Gasteiger partial charge is 0.253 e. The molecule has 1 saturated carbocycles. The standard InChI is InChI=1S/C19H20N4O/c24-19(21-14-9-5-2-6-10-14)15-11-12-20-18-16(15)22-17(23-18)13-7-3-1-4-8-13/h1,3-4,7-8,11-12,14H,2,5-6,9-10H2,(H,21,24)(H,20,22,23). The van der Waals surface area contributed by atoms with Gasteiger partial charge >= 0.3 is 0 Å². The summed E-state index contributed by atoms with van der Waals surface area (Å²) in [5.74, 6) is 0.677. The number of hydrogen-bond acceptors (Lipinski definition) is 3. The zero-order chi connectivity index (χ0) is 16.4. The van der Waals surface area contributed by atoms with Crippen LogP contribution in [0.5, 0.6) is 0 Å². The summed E-state index contributed by atoms with van der Waals surface area (Å²) < 4.78 is 0. The van der Waals surface area contributed by atoms with Crippen molar-refractivity contribution in [1.82, 2.24) is 20.3 Å². The Morgan fingerprint density at radius 1 is 1.08 bits per heavy atom. The van der Waals surface area contributed by atoms with Gasteiger partial charge in [0.2, 0.25) is 0 Å². The lowest BCUT2D eigenvalue weighted by atomic mass is 9.95. The van der Waals surface area contributed by atoms with Crippen LogP contribution in [0, 0.1) is 0 Å². The average molecular weight is 320 g/mol. The van der Waals surface area contributed by atoms with E-state index in [0.29, 0.717) is 16.7 Å². The zero-order valence-electron chi connectivity index (χ0n) is 13.5. The molecular formula is C19H20N4O. The van der Waals surface area contributed by atoms with Gasteiger partial charge in [-0.2, -0.15) is 0 Å². The zero-order valence-corrected chi connectivity index (χ0v) is 13.5. The molecule has 122 valence electrons. The van der Waals surface area contributed by atoms with Gasteiger partial charge in [0.05, 0.1) is 5.56 Å². The van der Waals surface area contributed by atoms with E-state index in [1.165, 1.54) is 19.3 Å². The van der Waals surface area contributed by atoms with Crippen molar-refractivity contribution >= 4 is 17.1 Å². The van der Waals surface area contributed by atoms with Gasteiger partial charge in [-0.15, -0.1) is 0 Å². The largest absolute Gasteiger partial charge is 0.349 e. The molecule has 2 heterocycles. The molecule has 24 heavy (non-hydrogen) atoms. The molecule has 1 aliphatic rings. The molecule has 1 fully saturated rings. The topological polar surface area (TPSA) is 70.7 Å². The fourth-order valence-electron chi connectivity index (χ4n) is 3.34. The van der Waals surface area contributed by atoms with Crippen LogP contribution in [0.3, 0.4) is 0 Å². The van der Waals surface area contributed by atoms with Gasteiger partial charge in [-0.25, -0.2) is 9.97 Å². The van der Waals surface area contributed by atoms with Crippen molar-refractivity contribution < 1.29 is 4.79 Å². The predicted octanol–water partition coefficient (Wildman–Crippen LogP) is 3.69. The van der Waals surface area contributed by atoms with Gasteiger partial charge in [-0.1, -0.05) is 49.6 Å². The monoisotopic (exact) mass is 320 g/mol. The molecule has 0 bridgehead atoms. The number of imidazole rings is 1. The first-order valence-corrected chi connectivity index (χ1v) is 8.52. The maximum Gasteiger partial charge on any atom is 0.253 e. The highest BCUT2D eigenvalue weighted by atomic mass is 16.1. The van der Waals surface area contributed by atoms with Crippen molar-refractivity contribution in [3.05, 3.63) is 48.2 Å². The first kappa shape index (κ1) is 14.9. The second kappa shape index (κ2) is 6.43. The Balaban J connectivity index is 1.65. The minimum Gasteiger partial charge on any atom is -0.349 e. The Labute approximate surface area is 140 Å². The number of amides is 1. The fourth-order valence-corrected chi connectivity index (χ4v) is 3.34. The van der Waals surface area contributed by atoms with Gasteiger partial charge in [-0.05, 0) is 18.9 Å². The van der Waals surface area contributed by atoms with Crippen molar-refractivity contribution in [1.29, 1.82) is 0 Å². The third kappa shape index (κ3) is 2.89. The summed E-state index contributed by atoms with van der Waals surface area (Å²) in [6.45, 7) is 0. The molecule has 3 aromatic rings.